The van der Waals surface area contributed by atoms with Gasteiger partial charge in [0.25, 0.3) is 0 Å². The highest BCUT2D eigenvalue weighted by Crippen LogP contribution is 2.39. The summed E-state index contributed by atoms with van der Waals surface area (Å²) in [6.07, 6.45) is 2.02. The van der Waals surface area contributed by atoms with Crippen molar-refractivity contribution in [1.82, 2.24) is 15.8 Å². The van der Waals surface area contributed by atoms with Crippen molar-refractivity contribution in [3.63, 3.8) is 0 Å². The fourth-order valence-electron chi connectivity index (χ4n) is 3.75. The lowest BCUT2D eigenvalue weighted by molar-refractivity contribution is -0.0197. The highest BCUT2D eigenvalue weighted by atomic mass is 16.6. The lowest BCUT2D eigenvalue weighted by Gasteiger charge is -2.52. The quantitative estimate of drug-likeness (QED) is 0.790. The number of amides is 2. The van der Waals surface area contributed by atoms with E-state index in [1.165, 1.54) is 0 Å². The third-order valence-electron chi connectivity index (χ3n) is 5.04. The molecule has 0 spiro atoms. The number of benzene rings is 1. The van der Waals surface area contributed by atoms with Crippen LogP contribution in [-0.4, -0.2) is 41.3 Å². The van der Waals surface area contributed by atoms with E-state index in [1.807, 2.05) is 56.0 Å². The van der Waals surface area contributed by atoms with Crippen molar-refractivity contribution in [2.75, 3.05) is 6.54 Å². The van der Waals surface area contributed by atoms with Crippen molar-refractivity contribution < 1.29 is 19.1 Å². The fourth-order valence-corrected chi connectivity index (χ4v) is 3.75. The van der Waals surface area contributed by atoms with Gasteiger partial charge in [0.1, 0.15) is 12.2 Å². The Morgan fingerprint density at radius 3 is 2.67 bits per heavy atom. The van der Waals surface area contributed by atoms with E-state index < -0.39 is 11.7 Å². The van der Waals surface area contributed by atoms with E-state index in [1.54, 1.807) is 0 Å². The van der Waals surface area contributed by atoms with Crippen molar-refractivity contribution >= 4 is 12.2 Å². The first-order chi connectivity index (χ1) is 12.8. The van der Waals surface area contributed by atoms with Crippen LogP contribution >= 0.6 is 0 Å². The third kappa shape index (κ3) is 5.13. The standard InChI is InChI=1S/C20H29N3O4/c1-20(2,3)27-18(24)22-21-16-12-17-15(16)10-7-11-23(17)19(25)26-13-14-8-5-4-6-9-14/h4-6,8-9,15-17,21H,7,10-13H2,1-3H3,(H,22,24). The Bertz CT molecular complexity index is 659. The van der Waals surface area contributed by atoms with Gasteiger partial charge in [-0.15, -0.1) is 0 Å². The molecule has 3 unspecified atom stereocenters. The zero-order valence-electron chi connectivity index (χ0n) is 16.2. The third-order valence-corrected chi connectivity index (χ3v) is 5.04. The lowest BCUT2D eigenvalue weighted by atomic mass is 9.69. The average Bonchev–Trinajstić information content (AvgIpc) is 2.59. The summed E-state index contributed by atoms with van der Waals surface area (Å²) in [5.74, 6) is 0.318. The van der Waals surface area contributed by atoms with Gasteiger partial charge in [0, 0.05) is 18.6 Å². The van der Waals surface area contributed by atoms with E-state index in [9.17, 15) is 9.59 Å². The highest BCUT2D eigenvalue weighted by Gasteiger charge is 2.48. The van der Waals surface area contributed by atoms with Gasteiger partial charge in [0.2, 0.25) is 0 Å². The summed E-state index contributed by atoms with van der Waals surface area (Å²) in [6, 6.07) is 10.00. The van der Waals surface area contributed by atoms with Crippen molar-refractivity contribution in [3.8, 4) is 0 Å². The number of rotatable bonds is 4. The maximum atomic E-state index is 12.5. The van der Waals surface area contributed by atoms with Crippen LogP contribution in [0.4, 0.5) is 9.59 Å². The minimum atomic E-state index is -0.530. The Labute approximate surface area is 160 Å². The molecule has 148 valence electrons. The molecule has 1 saturated carbocycles. The molecule has 0 radical (unpaired) electrons. The van der Waals surface area contributed by atoms with Gasteiger partial charge >= 0.3 is 12.2 Å². The van der Waals surface area contributed by atoms with E-state index >= 15 is 0 Å². The number of carbonyl (C=O) groups excluding carboxylic acids is 2. The average molecular weight is 375 g/mol. The maximum absolute atomic E-state index is 12.5. The molecule has 3 atom stereocenters. The van der Waals surface area contributed by atoms with Crippen LogP contribution in [0, 0.1) is 5.92 Å². The molecule has 1 heterocycles. The first kappa shape index (κ1) is 19.5. The molecular weight excluding hydrogens is 346 g/mol. The second-order valence-electron chi connectivity index (χ2n) is 8.22. The summed E-state index contributed by atoms with van der Waals surface area (Å²) >= 11 is 0. The number of fused-ring (bicyclic) bond motifs is 1. The van der Waals surface area contributed by atoms with Crippen LogP contribution in [0.15, 0.2) is 30.3 Å². The molecular formula is C20H29N3O4. The molecule has 7 heteroatoms. The van der Waals surface area contributed by atoms with Gasteiger partial charge in [0.05, 0.1) is 0 Å². The number of ether oxygens (including phenoxy) is 2. The first-order valence-corrected chi connectivity index (χ1v) is 9.55. The number of hydrazine groups is 1. The predicted octanol–water partition coefficient (Wildman–Crippen LogP) is 3.21. The summed E-state index contributed by atoms with van der Waals surface area (Å²) in [5, 5.41) is 0. The van der Waals surface area contributed by atoms with E-state index in [0.717, 1.165) is 31.4 Å². The van der Waals surface area contributed by atoms with Gasteiger partial charge in [-0.2, -0.15) is 0 Å². The summed E-state index contributed by atoms with van der Waals surface area (Å²) in [4.78, 5) is 26.1. The highest BCUT2D eigenvalue weighted by molar-refractivity contribution is 5.69. The summed E-state index contributed by atoms with van der Waals surface area (Å²) in [7, 11) is 0. The second-order valence-corrected chi connectivity index (χ2v) is 8.22. The van der Waals surface area contributed by atoms with Crippen molar-refractivity contribution in [1.29, 1.82) is 0 Å². The Morgan fingerprint density at radius 2 is 1.96 bits per heavy atom. The second kappa shape index (κ2) is 8.17. The Hall–Kier alpha value is -2.28. The minimum absolute atomic E-state index is 0.146. The molecule has 1 saturated heterocycles. The van der Waals surface area contributed by atoms with Crippen LogP contribution in [0.25, 0.3) is 0 Å². The van der Waals surface area contributed by atoms with E-state index in [2.05, 4.69) is 10.9 Å². The fraction of sp³-hybridized carbons (Fsp3) is 0.600. The van der Waals surface area contributed by atoms with Crippen LogP contribution in [0.1, 0.15) is 45.6 Å². The zero-order chi connectivity index (χ0) is 19.4. The molecule has 2 aliphatic rings. The Balaban J connectivity index is 1.45. The Morgan fingerprint density at radius 1 is 1.22 bits per heavy atom. The predicted molar refractivity (Wildman–Crippen MR) is 101 cm³/mol. The molecule has 2 amide bonds. The molecule has 27 heavy (non-hydrogen) atoms. The molecule has 2 N–H and O–H groups in total. The molecule has 1 aliphatic carbocycles. The van der Waals surface area contributed by atoms with Gasteiger partial charge < -0.3 is 14.4 Å². The number of hydrogen-bond donors (Lipinski definition) is 2. The summed E-state index contributed by atoms with van der Waals surface area (Å²) < 4.78 is 10.7. The molecule has 1 aromatic rings. The van der Waals surface area contributed by atoms with Crippen LogP contribution in [-0.2, 0) is 16.1 Å². The van der Waals surface area contributed by atoms with Gasteiger partial charge in [-0.25, -0.2) is 15.0 Å². The summed E-state index contributed by atoms with van der Waals surface area (Å²) in [5.41, 5.74) is 6.12. The minimum Gasteiger partial charge on any atom is -0.445 e. The van der Waals surface area contributed by atoms with Gasteiger partial charge in [-0.05, 0) is 51.5 Å². The largest absolute Gasteiger partial charge is 0.445 e. The number of nitrogens with zero attached hydrogens (tertiary/aromatic N) is 1. The number of hydrogen-bond acceptors (Lipinski definition) is 5. The number of likely N-dealkylation sites (tertiary alicyclic amines) is 1. The zero-order valence-corrected chi connectivity index (χ0v) is 16.2. The smallest absolute Gasteiger partial charge is 0.422 e. The topological polar surface area (TPSA) is 79.9 Å². The normalized spacial score (nSPS) is 24.4. The monoisotopic (exact) mass is 375 g/mol. The van der Waals surface area contributed by atoms with E-state index in [0.29, 0.717) is 5.92 Å². The van der Waals surface area contributed by atoms with Gasteiger partial charge in [0.15, 0.2) is 0 Å². The molecule has 0 bridgehead atoms. The maximum Gasteiger partial charge on any atom is 0.422 e. The number of carbonyl (C=O) groups is 2. The number of nitrogens with one attached hydrogen (secondary N) is 2. The van der Waals surface area contributed by atoms with Gasteiger partial charge in [-0.3, -0.25) is 5.43 Å². The molecule has 2 fully saturated rings. The van der Waals surface area contributed by atoms with Crippen LogP contribution < -0.4 is 10.9 Å². The van der Waals surface area contributed by atoms with E-state index in [-0.39, 0.29) is 24.8 Å². The van der Waals surface area contributed by atoms with E-state index in [4.69, 9.17) is 9.47 Å². The van der Waals surface area contributed by atoms with Crippen LogP contribution in [0.3, 0.4) is 0 Å². The van der Waals surface area contributed by atoms with Crippen molar-refractivity contribution in [2.24, 2.45) is 5.92 Å². The summed E-state index contributed by atoms with van der Waals surface area (Å²) in [6.45, 7) is 6.49. The molecule has 1 aliphatic heterocycles. The number of piperidine rings is 1. The first-order valence-electron chi connectivity index (χ1n) is 9.55. The van der Waals surface area contributed by atoms with Crippen molar-refractivity contribution in [2.45, 2.75) is 64.3 Å². The van der Waals surface area contributed by atoms with Crippen LogP contribution in [0.5, 0.6) is 0 Å². The molecule has 0 aromatic heterocycles. The molecule has 3 rings (SSSR count). The molecule has 7 nitrogen and oxygen atoms in total. The van der Waals surface area contributed by atoms with Gasteiger partial charge in [-0.1, -0.05) is 30.3 Å². The van der Waals surface area contributed by atoms with Crippen molar-refractivity contribution in [3.05, 3.63) is 35.9 Å². The SMILES string of the molecule is CC(C)(C)OC(=O)NNC1CC2C1CCCN2C(=O)OCc1ccccc1. The lowest BCUT2D eigenvalue weighted by Crippen LogP contribution is -2.66. The molecule has 1 aromatic carbocycles. The Kier molecular flexibility index (Phi) is 5.89. The van der Waals surface area contributed by atoms with Crippen LogP contribution in [0.2, 0.25) is 0 Å².